The Kier molecular flexibility index (Phi) is 6.27. The lowest BCUT2D eigenvalue weighted by atomic mass is 10.0. The quantitative estimate of drug-likeness (QED) is 0.624. The van der Waals surface area contributed by atoms with Gasteiger partial charge in [-0.3, -0.25) is 9.59 Å². The van der Waals surface area contributed by atoms with E-state index >= 15 is 0 Å². The molecule has 0 aliphatic heterocycles. The van der Waals surface area contributed by atoms with Gasteiger partial charge in [-0.15, -0.1) is 0 Å². The number of aliphatic hydroxyl groups is 1. The highest BCUT2D eigenvalue weighted by Gasteiger charge is 2.10. The molecule has 1 aromatic rings. The molecule has 0 unspecified atom stereocenters. The first-order chi connectivity index (χ1) is 9.58. The number of carbonyl (C=O) groups excluding carboxylic acids is 2. The van der Waals surface area contributed by atoms with Gasteiger partial charge in [0.15, 0.2) is 0 Å². The molecule has 1 amide bonds. The normalized spacial score (nSPS) is 9.35. The SMILES string of the molecule is COC(=O)CCNC(=O)c1cc(C#CCO)ccc1C. The molecular formula is C15H17NO4. The average Bonchev–Trinajstić information content (AvgIpc) is 2.45. The highest BCUT2D eigenvalue weighted by atomic mass is 16.5. The summed E-state index contributed by atoms with van der Waals surface area (Å²) in [6, 6.07) is 5.23. The van der Waals surface area contributed by atoms with Crippen LogP contribution in [0.1, 0.15) is 27.9 Å². The van der Waals surface area contributed by atoms with Gasteiger partial charge in [0.1, 0.15) is 6.61 Å². The maximum absolute atomic E-state index is 12.0. The van der Waals surface area contributed by atoms with E-state index in [2.05, 4.69) is 21.9 Å². The van der Waals surface area contributed by atoms with Crippen molar-refractivity contribution in [1.29, 1.82) is 0 Å². The van der Waals surface area contributed by atoms with Gasteiger partial charge in [0.05, 0.1) is 13.5 Å². The summed E-state index contributed by atoms with van der Waals surface area (Å²) >= 11 is 0. The molecule has 0 heterocycles. The Labute approximate surface area is 117 Å². The Morgan fingerprint density at radius 1 is 1.40 bits per heavy atom. The highest BCUT2D eigenvalue weighted by Crippen LogP contribution is 2.10. The van der Waals surface area contributed by atoms with Crippen LogP contribution in [-0.2, 0) is 9.53 Å². The van der Waals surface area contributed by atoms with Gasteiger partial charge < -0.3 is 15.2 Å². The molecular weight excluding hydrogens is 258 g/mol. The minimum Gasteiger partial charge on any atom is -0.469 e. The number of benzene rings is 1. The smallest absolute Gasteiger partial charge is 0.307 e. The van der Waals surface area contributed by atoms with Gasteiger partial charge in [-0.25, -0.2) is 0 Å². The van der Waals surface area contributed by atoms with Crippen molar-refractivity contribution in [3.05, 3.63) is 34.9 Å². The number of esters is 1. The Hall–Kier alpha value is -2.32. The van der Waals surface area contributed by atoms with Gasteiger partial charge in [0.2, 0.25) is 0 Å². The van der Waals surface area contributed by atoms with Crippen molar-refractivity contribution in [3.63, 3.8) is 0 Å². The summed E-state index contributed by atoms with van der Waals surface area (Å²) in [4.78, 5) is 23.0. The second-order valence-corrected chi connectivity index (χ2v) is 4.07. The van der Waals surface area contributed by atoms with E-state index in [0.717, 1.165) is 5.56 Å². The number of hydrogen-bond acceptors (Lipinski definition) is 4. The number of aryl methyl sites for hydroxylation is 1. The molecule has 20 heavy (non-hydrogen) atoms. The van der Waals surface area contributed by atoms with Crippen LogP contribution in [0.25, 0.3) is 0 Å². The molecule has 0 saturated carbocycles. The number of carbonyl (C=O) groups is 2. The minimum atomic E-state index is -0.371. The topological polar surface area (TPSA) is 75.6 Å². The summed E-state index contributed by atoms with van der Waals surface area (Å²) in [5.41, 5.74) is 1.97. The number of rotatable bonds is 4. The van der Waals surface area contributed by atoms with E-state index in [1.54, 1.807) is 18.2 Å². The van der Waals surface area contributed by atoms with Crippen molar-refractivity contribution in [2.24, 2.45) is 0 Å². The second kappa shape index (κ2) is 7.97. The van der Waals surface area contributed by atoms with Crippen LogP contribution in [0.3, 0.4) is 0 Å². The van der Waals surface area contributed by atoms with Crippen molar-refractivity contribution in [2.45, 2.75) is 13.3 Å². The van der Waals surface area contributed by atoms with Crippen LogP contribution in [0.15, 0.2) is 18.2 Å². The van der Waals surface area contributed by atoms with Gasteiger partial charge in [-0.1, -0.05) is 17.9 Å². The van der Waals surface area contributed by atoms with Crippen molar-refractivity contribution < 1.29 is 19.4 Å². The van der Waals surface area contributed by atoms with Crippen LogP contribution in [0.2, 0.25) is 0 Å². The first-order valence-electron chi connectivity index (χ1n) is 6.14. The molecule has 106 valence electrons. The van der Waals surface area contributed by atoms with E-state index < -0.39 is 0 Å². The highest BCUT2D eigenvalue weighted by molar-refractivity contribution is 5.96. The fraction of sp³-hybridized carbons (Fsp3) is 0.333. The Morgan fingerprint density at radius 3 is 2.80 bits per heavy atom. The summed E-state index contributed by atoms with van der Waals surface area (Å²) < 4.78 is 4.49. The summed E-state index contributed by atoms with van der Waals surface area (Å²) in [7, 11) is 1.30. The number of nitrogens with one attached hydrogen (secondary N) is 1. The molecule has 0 aromatic heterocycles. The Morgan fingerprint density at radius 2 is 2.15 bits per heavy atom. The predicted octanol–water partition coefficient (Wildman–Crippen LogP) is 0.632. The zero-order chi connectivity index (χ0) is 15.0. The number of hydrogen-bond donors (Lipinski definition) is 2. The summed E-state index contributed by atoms with van der Waals surface area (Å²) in [6.45, 7) is 1.81. The van der Waals surface area contributed by atoms with Crippen LogP contribution in [0, 0.1) is 18.8 Å². The van der Waals surface area contributed by atoms with Crippen molar-refractivity contribution in [1.82, 2.24) is 5.32 Å². The lowest BCUT2D eigenvalue weighted by Crippen LogP contribution is -2.27. The average molecular weight is 275 g/mol. The number of amides is 1. The van der Waals surface area contributed by atoms with Crippen molar-refractivity contribution in [3.8, 4) is 11.8 Å². The Bertz CT molecular complexity index is 555. The van der Waals surface area contributed by atoms with Crippen LogP contribution in [0.4, 0.5) is 0 Å². The van der Waals surface area contributed by atoms with Crippen molar-refractivity contribution >= 4 is 11.9 Å². The molecule has 0 radical (unpaired) electrons. The van der Waals surface area contributed by atoms with Crippen molar-refractivity contribution in [2.75, 3.05) is 20.3 Å². The summed E-state index contributed by atoms with van der Waals surface area (Å²) in [5.74, 6) is 4.64. The molecule has 1 aromatic carbocycles. The van der Waals surface area contributed by atoms with E-state index in [9.17, 15) is 9.59 Å². The zero-order valence-electron chi connectivity index (χ0n) is 11.5. The van der Waals surface area contributed by atoms with E-state index in [1.807, 2.05) is 6.92 Å². The lowest BCUT2D eigenvalue weighted by Gasteiger charge is -2.07. The molecule has 0 atom stereocenters. The third kappa shape index (κ3) is 4.75. The van der Waals surface area contributed by atoms with Crippen LogP contribution >= 0.6 is 0 Å². The molecule has 0 spiro atoms. The fourth-order valence-corrected chi connectivity index (χ4v) is 1.56. The molecule has 5 nitrogen and oxygen atoms in total. The maximum atomic E-state index is 12.0. The molecule has 0 bridgehead atoms. The Balaban J connectivity index is 2.74. The standard InChI is InChI=1S/C15H17NO4/c1-11-5-6-12(4-3-9-17)10-13(11)15(19)16-8-7-14(18)20-2/h5-6,10,17H,7-9H2,1-2H3,(H,16,19). The van der Waals surface area contributed by atoms with Gasteiger partial charge in [-0.2, -0.15) is 0 Å². The number of ether oxygens (including phenoxy) is 1. The van der Waals surface area contributed by atoms with E-state index in [-0.39, 0.29) is 31.4 Å². The predicted molar refractivity (Wildman–Crippen MR) is 74.1 cm³/mol. The van der Waals surface area contributed by atoms with Gasteiger partial charge in [0, 0.05) is 17.7 Å². The molecule has 0 aliphatic carbocycles. The minimum absolute atomic E-state index is 0.130. The molecule has 0 aliphatic rings. The van der Waals surface area contributed by atoms with Crippen LogP contribution < -0.4 is 5.32 Å². The van der Waals surface area contributed by atoms with E-state index in [4.69, 9.17) is 5.11 Å². The monoisotopic (exact) mass is 275 g/mol. The number of aliphatic hydroxyl groups excluding tert-OH is 1. The van der Waals surface area contributed by atoms with Gasteiger partial charge in [0.25, 0.3) is 5.91 Å². The first-order valence-corrected chi connectivity index (χ1v) is 6.14. The van der Waals surface area contributed by atoms with Crippen LogP contribution in [0.5, 0.6) is 0 Å². The molecule has 2 N–H and O–H groups in total. The molecule has 1 rings (SSSR count). The second-order valence-electron chi connectivity index (χ2n) is 4.07. The van der Waals surface area contributed by atoms with E-state index in [1.165, 1.54) is 7.11 Å². The molecule has 0 saturated heterocycles. The first kappa shape index (κ1) is 15.7. The largest absolute Gasteiger partial charge is 0.469 e. The maximum Gasteiger partial charge on any atom is 0.307 e. The van der Waals surface area contributed by atoms with Crippen LogP contribution in [-0.4, -0.2) is 37.2 Å². The third-order valence-electron chi connectivity index (χ3n) is 2.64. The summed E-state index contributed by atoms with van der Waals surface area (Å²) in [6.07, 6.45) is 0.130. The fourth-order valence-electron chi connectivity index (χ4n) is 1.56. The lowest BCUT2D eigenvalue weighted by molar-refractivity contribution is -0.140. The van der Waals surface area contributed by atoms with E-state index in [0.29, 0.717) is 11.1 Å². The molecule has 0 fully saturated rings. The number of methoxy groups -OCH3 is 1. The summed E-state index contributed by atoms with van der Waals surface area (Å²) in [5, 5.41) is 11.3. The van der Waals surface area contributed by atoms with Gasteiger partial charge >= 0.3 is 5.97 Å². The third-order valence-corrected chi connectivity index (χ3v) is 2.64. The molecule has 5 heteroatoms. The zero-order valence-corrected chi connectivity index (χ0v) is 11.5. The van der Waals surface area contributed by atoms with Gasteiger partial charge in [-0.05, 0) is 24.6 Å².